The second-order valence-corrected chi connectivity index (χ2v) is 8.60. The van der Waals surface area contributed by atoms with Crippen molar-refractivity contribution in [2.75, 3.05) is 13.1 Å². The summed E-state index contributed by atoms with van der Waals surface area (Å²) in [6, 6.07) is 13.5. The average Bonchev–Trinajstić information content (AvgIpc) is 3.34. The summed E-state index contributed by atoms with van der Waals surface area (Å²) in [5.74, 6) is -0.413. The van der Waals surface area contributed by atoms with Gasteiger partial charge in [0.05, 0.1) is 17.1 Å². The lowest BCUT2D eigenvalue weighted by atomic mass is 10.2. The summed E-state index contributed by atoms with van der Waals surface area (Å²) in [7, 11) is -3.66. The zero-order valence-electron chi connectivity index (χ0n) is 14.8. The summed E-state index contributed by atoms with van der Waals surface area (Å²) in [5.41, 5.74) is 2.04. The molecule has 8 heteroatoms. The second-order valence-electron chi connectivity index (χ2n) is 6.67. The van der Waals surface area contributed by atoms with Crippen LogP contribution >= 0.6 is 0 Å². The maximum atomic E-state index is 13.5. The molecule has 2 heterocycles. The van der Waals surface area contributed by atoms with Crippen molar-refractivity contribution in [2.24, 2.45) is 0 Å². The molecule has 0 spiro atoms. The molecule has 140 valence electrons. The van der Waals surface area contributed by atoms with Crippen LogP contribution in [0.2, 0.25) is 0 Å². The molecule has 0 radical (unpaired) electrons. The largest absolute Gasteiger partial charge is 0.247 e. The van der Waals surface area contributed by atoms with E-state index in [0.717, 1.165) is 11.3 Å². The number of nitrogens with zero attached hydrogens (tertiary/aromatic N) is 4. The first-order valence-electron chi connectivity index (χ1n) is 8.69. The Kier molecular flexibility index (Phi) is 4.53. The van der Waals surface area contributed by atoms with Crippen molar-refractivity contribution in [3.05, 3.63) is 66.1 Å². The van der Waals surface area contributed by atoms with Crippen molar-refractivity contribution in [1.29, 1.82) is 0 Å². The van der Waals surface area contributed by atoms with Gasteiger partial charge in [0.25, 0.3) is 0 Å². The van der Waals surface area contributed by atoms with Gasteiger partial charge in [-0.1, -0.05) is 35.5 Å². The first kappa shape index (κ1) is 17.8. The molecule has 0 bridgehead atoms. The molecular formula is C19H19FN4O2S. The summed E-state index contributed by atoms with van der Waals surface area (Å²) in [6.45, 7) is 2.27. The van der Waals surface area contributed by atoms with Crippen molar-refractivity contribution in [3.63, 3.8) is 0 Å². The molecule has 4 rings (SSSR count). The fourth-order valence-electron chi connectivity index (χ4n) is 3.27. The van der Waals surface area contributed by atoms with Gasteiger partial charge >= 0.3 is 0 Å². The number of aromatic nitrogens is 3. The van der Waals surface area contributed by atoms with E-state index in [-0.39, 0.29) is 10.9 Å². The number of benzene rings is 2. The van der Waals surface area contributed by atoms with Crippen LogP contribution in [0, 0.1) is 12.7 Å². The number of halogens is 1. The van der Waals surface area contributed by atoms with Gasteiger partial charge in [-0.05, 0) is 37.1 Å². The number of hydrogen-bond acceptors (Lipinski definition) is 4. The van der Waals surface area contributed by atoms with E-state index < -0.39 is 15.8 Å². The quantitative estimate of drug-likeness (QED) is 0.691. The first-order chi connectivity index (χ1) is 12.9. The predicted molar refractivity (Wildman–Crippen MR) is 99.0 cm³/mol. The molecule has 0 saturated carbocycles. The summed E-state index contributed by atoms with van der Waals surface area (Å²) in [5, 5.41) is 8.39. The molecule has 0 unspecified atom stereocenters. The van der Waals surface area contributed by atoms with Crippen molar-refractivity contribution < 1.29 is 12.8 Å². The van der Waals surface area contributed by atoms with Gasteiger partial charge < -0.3 is 0 Å². The Morgan fingerprint density at radius 1 is 1.15 bits per heavy atom. The van der Waals surface area contributed by atoms with Crippen LogP contribution in [0.15, 0.2) is 59.6 Å². The third-order valence-corrected chi connectivity index (χ3v) is 6.71. The fourth-order valence-corrected chi connectivity index (χ4v) is 4.85. The van der Waals surface area contributed by atoms with E-state index in [0.29, 0.717) is 25.1 Å². The van der Waals surface area contributed by atoms with Gasteiger partial charge in [0.15, 0.2) is 0 Å². The average molecular weight is 386 g/mol. The summed E-state index contributed by atoms with van der Waals surface area (Å²) >= 11 is 0. The highest BCUT2D eigenvalue weighted by molar-refractivity contribution is 7.89. The second kappa shape index (κ2) is 6.86. The molecular weight excluding hydrogens is 367 g/mol. The summed E-state index contributed by atoms with van der Waals surface area (Å²) in [4.78, 5) is 0.116. The van der Waals surface area contributed by atoms with E-state index in [1.54, 1.807) is 11.6 Å². The molecule has 1 aliphatic heterocycles. The molecule has 2 aromatic carbocycles. The topological polar surface area (TPSA) is 68.1 Å². The zero-order valence-corrected chi connectivity index (χ0v) is 15.6. The molecule has 0 aliphatic carbocycles. The van der Waals surface area contributed by atoms with Gasteiger partial charge in [-0.2, -0.15) is 4.31 Å². The van der Waals surface area contributed by atoms with Crippen LogP contribution in [0.3, 0.4) is 0 Å². The Morgan fingerprint density at radius 2 is 1.93 bits per heavy atom. The van der Waals surface area contributed by atoms with E-state index >= 15 is 0 Å². The fraction of sp³-hybridized carbons (Fsp3) is 0.263. The van der Waals surface area contributed by atoms with Gasteiger partial charge in [0.2, 0.25) is 10.0 Å². The van der Waals surface area contributed by atoms with Gasteiger partial charge in [0, 0.05) is 18.7 Å². The maximum absolute atomic E-state index is 13.5. The maximum Gasteiger partial charge on any atom is 0.243 e. The third-order valence-electron chi connectivity index (χ3n) is 4.85. The van der Waals surface area contributed by atoms with E-state index in [1.807, 2.05) is 36.5 Å². The van der Waals surface area contributed by atoms with Crippen LogP contribution in [-0.4, -0.2) is 40.8 Å². The number of hydrogen-bond donors (Lipinski definition) is 0. The molecule has 1 fully saturated rings. The highest BCUT2D eigenvalue weighted by atomic mass is 32.2. The molecule has 6 nitrogen and oxygen atoms in total. The molecule has 0 amide bonds. The van der Waals surface area contributed by atoms with Gasteiger partial charge in [0.1, 0.15) is 11.5 Å². The summed E-state index contributed by atoms with van der Waals surface area (Å²) in [6.07, 6.45) is 2.50. The third kappa shape index (κ3) is 3.38. The van der Waals surface area contributed by atoms with Gasteiger partial charge in [-0.25, -0.2) is 17.5 Å². The van der Waals surface area contributed by atoms with E-state index in [1.165, 1.54) is 22.5 Å². The van der Waals surface area contributed by atoms with E-state index in [4.69, 9.17) is 0 Å². The minimum atomic E-state index is -3.66. The van der Waals surface area contributed by atoms with Crippen LogP contribution in [0.1, 0.15) is 18.0 Å². The predicted octanol–water partition coefficient (Wildman–Crippen LogP) is 3.03. The normalized spacial score (nSPS) is 18.1. The Morgan fingerprint density at radius 3 is 2.67 bits per heavy atom. The molecule has 1 atom stereocenters. The van der Waals surface area contributed by atoms with Gasteiger partial charge in [-0.15, -0.1) is 5.10 Å². The molecule has 1 aliphatic rings. The highest BCUT2D eigenvalue weighted by Crippen LogP contribution is 2.28. The Labute approximate surface area is 157 Å². The first-order valence-corrected chi connectivity index (χ1v) is 10.1. The van der Waals surface area contributed by atoms with E-state index in [9.17, 15) is 12.8 Å². The lowest BCUT2D eigenvalue weighted by Gasteiger charge is -2.17. The minimum absolute atomic E-state index is 0.0775. The number of aryl methyl sites for hydroxylation is 1. The molecule has 27 heavy (non-hydrogen) atoms. The van der Waals surface area contributed by atoms with Crippen molar-refractivity contribution in [1.82, 2.24) is 19.3 Å². The van der Waals surface area contributed by atoms with Crippen LogP contribution in [0.25, 0.3) is 11.3 Å². The Hall–Kier alpha value is -2.58. The summed E-state index contributed by atoms with van der Waals surface area (Å²) < 4.78 is 42.3. The van der Waals surface area contributed by atoms with Crippen LogP contribution in [0.4, 0.5) is 4.39 Å². The van der Waals surface area contributed by atoms with Crippen LogP contribution < -0.4 is 0 Å². The van der Waals surface area contributed by atoms with Crippen LogP contribution in [-0.2, 0) is 10.0 Å². The SMILES string of the molecule is Cc1cc(S(=O)(=O)N2CC[C@H](n3cc(-c4ccccc4)nn3)C2)ccc1F. The lowest BCUT2D eigenvalue weighted by molar-refractivity contribution is 0.428. The molecule has 1 saturated heterocycles. The van der Waals surface area contributed by atoms with Gasteiger partial charge in [-0.3, -0.25) is 0 Å². The van der Waals surface area contributed by atoms with Crippen molar-refractivity contribution in [3.8, 4) is 11.3 Å². The van der Waals surface area contributed by atoms with Crippen molar-refractivity contribution in [2.45, 2.75) is 24.3 Å². The smallest absolute Gasteiger partial charge is 0.243 e. The highest BCUT2D eigenvalue weighted by Gasteiger charge is 2.34. The van der Waals surface area contributed by atoms with Crippen LogP contribution in [0.5, 0.6) is 0 Å². The lowest BCUT2D eigenvalue weighted by Crippen LogP contribution is -2.29. The molecule has 1 aromatic heterocycles. The standard InChI is InChI=1S/C19H19FN4O2S/c1-14-11-17(7-8-18(14)20)27(25,26)23-10-9-16(12-23)24-13-19(21-22-24)15-5-3-2-4-6-15/h2-8,11,13,16H,9-10,12H2,1H3/t16-/m0/s1. The molecule has 3 aromatic rings. The van der Waals surface area contributed by atoms with Crippen molar-refractivity contribution >= 4 is 10.0 Å². The Balaban J connectivity index is 1.53. The minimum Gasteiger partial charge on any atom is -0.247 e. The zero-order chi connectivity index (χ0) is 19.0. The number of sulfonamides is 1. The molecule has 0 N–H and O–H groups in total. The Bertz CT molecular complexity index is 1070. The van der Waals surface area contributed by atoms with E-state index in [2.05, 4.69) is 10.3 Å². The number of rotatable bonds is 4. The monoisotopic (exact) mass is 386 g/mol.